The summed E-state index contributed by atoms with van der Waals surface area (Å²) in [6.45, 7) is 17.2. The summed E-state index contributed by atoms with van der Waals surface area (Å²) in [4.78, 5) is 48.9. The van der Waals surface area contributed by atoms with Crippen LogP contribution in [0, 0.1) is 0 Å². The van der Waals surface area contributed by atoms with E-state index in [2.05, 4.69) is 24.3 Å². The van der Waals surface area contributed by atoms with Gasteiger partial charge in [0.2, 0.25) is 0 Å². The fraction of sp³-hybridized carbons (Fsp3) is 0.258. The number of benzene rings is 7. The molecule has 9 rings (SSSR count). The van der Waals surface area contributed by atoms with Crippen LogP contribution in [0.2, 0.25) is 0 Å². The van der Waals surface area contributed by atoms with E-state index in [0.717, 1.165) is 88.8 Å². The first-order valence-corrected chi connectivity index (χ1v) is 25.1. The summed E-state index contributed by atoms with van der Waals surface area (Å²) in [6.07, 6.45) is 0. The first-order valence-electron chi connectivity index (χ1n) is 25.1. The van der Waals surface area contributed by atoms with Crippen LogP contribution in [0.3, 0.4) is 0 Å². The third-order valence-corrected chi connectivity index (χ3v) is 15.3. The van der Waals surface area contributed by atoms with Gasteiger partial charge >= 0.3 is 26.2 Å². The van der Waals surface area contributed by atoms with Gasteiger partial charge in [0, 0.05) is 0 Å². The highest BCUT2D eigenvalue weighted by atomic mass is 16.7. The fourth-order valence-corrected chi connectivity index (χ4v) is 9.63. The summed E-state index contributed by atoms with van der Waals surface area (Å²) < 4.78 is 46.9. The third kappa shape index (κ3) is 10.3. The van der Waals surface area contributed by atoms with Gasteiger partial charge in [-0.25, -0.2) is 9.59 Å². The van der Waals surface area contributed by atoms with Gasteiger partial charge in [0.25, 0.3) is 12.9 Å². The molecule has 0 saturated carbocycles. The highest BCUT2D eigenvalue weighted by Gasteiger charge is 2.53. The van der Waals surface area contributed by atoms with Gasteiger partial charge in [-0.2, -0.15) is 0 Å². The van der Waals surface area contributed by atoms with Gasteiger partial charge in [-0.1, -0.05) is 121 Å². The summed E-state index contributed by atoms with van der Waals surface area (Å²) >= 11 is 0. The monoisotopic (exact) mass is 1020 g/mol. The number of hydrogen-bond acceptors (Lipinski definition) is 12. The lowest BCUT2D eigenvalue weighted by atomic mass is 9.72. The SMILES string of the molecule is COC(=O)c1ccc(-c2c(-c3ccc(B4OC(C)(C)C(C)(C)O4)cc3)c(-c3ccc(COC=O)cc3)c(-c3ccc(COC=O)cc3)c(-c3ccc(B4OC(C)(C)C(C)(C)O4)cc3)c2-c2ccc(C(=O)OC)cc2)cc1. The summed E-state index contributed by atoms with van der Waals surface area (Å²) in [5.74, 6) is -0.966. The highest BCUT2D eigenvalue weighted by Crippen LogP contribution is 2.56. The maximum absolute atomic E-state index is 13.1. The van der Waals surface area contributed by atoms with Crippen LogP contribution >= 0.6 is 0 Å². The van der Waals surface area contributed by atoms with Crippen molar-refractivity contribution in [3.05, 3.63) is 168 Å². The lowest BCUT2D eigenvalue weighted by Gasteiger charge is -2.32. The number of esters is 2. The smallest absolute Gasteiger partial charge is 0.465 e. The van der Waals surface area contributed by atoms with Gasteiger partial charge in [-0.05, 0) is 168 Å². The van der Waals surface area contributed by atoms with Crippen LogP contribution in [0.4, 0.5) is 0 Å². The number of hydrogen-bond donors (Lipinski definition) is 0. The molecule has 0 N–H and O–H groups in total. The van der Waals surface area contributed by atoms with Crippen molar-refractivity contribution in [2.75, 3.05) is 14.2 Å². The van der Waals surface area contributed by atoms with E-state index in [1.54, 1.807) is 24.3 Å². The zero-order valence-corrected chi connectivity index (χ0v) is 44.5. The van der Waals surface area contributed by atoms with Gasteiger partial charge in [0.1, 0.15) is 13.2 Å². The van der Waals surface area contributed by atoms with E-state index in [0.29, 0.717) is 24.1 Å². The maximum Gasteiger partial charge on any atom is 0.494 e. The molecule has 0 bridgehead atoms. The standard InChI is InChI=1S/C62H60B2O12/c1-59(2)60(3,4)74-63(73-59)49-31-27-45(28-32-49)55-51(41-15-11-39(12-16-41)35-71-37-65)52(42-17-13-40(14-18-42)36-72-38-66)56(46-29-33-50(34-30-46)64-75-61(5,6)62(7,8)76-64)54(44-21-25-48(26-22-44)58(68)70-10)53(55)43-19-23-47(24-20-43)57(67)69-9/h11-34,37-38H,35-36H2,1-10H3. The first kappa shape index (κ1) is 53.2. The lowest BCUT2D eigenvalue weighted by Crippen LogP contribution is -2.41. The molecular formula is C62H60B2O12. The third-order valence-electron chi connectivity index (χ3n) is 15.3. The van der Waals surface area contributed by atoms with Gasteiger partial charge < -0.3 is 37.6 Å². The van der Waals surface area contributed by atoms with Crippen LogP contribution in [-0.4, -0.2) is 75.7 Å². The van der Waals surface area contributed by atoms with Crippen LogP contribution in [0.5, 0.6) is 0 Å². The van der Waals surface area contributed by atoms with E-state index in [9.17, 15) is 19.2 Å². The van der Waals surface area contributed by atoms with Gasteiger partial charge in [-0.15, -0.1) is 0 Å². The molecule has 14 heteroatoms. The minimum Gasteiger partial charge on any atom is -0.465 e. The first-order chi connectivity index (χ1) is 36.3. The number of carbonyl (C=O) groups is 4. The lowest BCUT2D eigenvalue weighted by molar-refractivity contribution is -0.130. The fourth-order valence-electron chi connectivity index (χ4n) is 9.63. The van der Waals surface area contributed by atoms with Gasteiger partial charge in [-0.3, -0.25) is 9.59 Å². The second-order valence-electron chi connectivity index (χ2n) is 21.0. The van der Waals surface area contributed by atoms with Crippen LogP contribution < -0.4 is 10.9 Å². The van der Waals surface area contributed by atoms with Gasteiger partial charge in [0.15, 0.2) is 0 Å². The van der Waals surface area contributed by atoms with Crippen molar-refractivity contribution in [3.8, 4) is 66.8 Å². The Labute approximate surface area is 444 Å². The Morgan fingerprint density at radius 1 is 0.382 bits per heavy atom. The Balaban J connectivity index is 1.44. The summed E-state index contributed by atoms with van der Waals surface area (Å²) in [5, 5.41) is 0. The molecule has 12 nitrogen and oxygen atoms in total. The molecule has 7 aromatic rings. The summed E-state index contributed by atoms with van der Waals surface area (Å²) in [6, 6.07) is 47.0. The molecule has 2 aliphatic rings. The van der Waals surface area contributed by atoms with E-state index in [-0.39, 0.29) is 13.2 Å². The Hall–Kier alpha value is -7.61. The van der Waals surface area contributed by atoms with E-state index in [4.69, 9.17) is 37.6 Å². The Bertz CT molecular complexity index is 3020. The van der Waals surface area contributed by atoms with Crippen molar-refractivity contribution < 1.29 is 56.7 Å². The molecule has 2 aliphatic heterocycles. The van der Waals surface area contributed by atoms with Crippen molar-refractivity contribution in [3.63, 3.8) is 0 Å². The normalized spacial score (nSPS) is 16.0. The van der Waals surface area contributed by atoms with Crippen LogP contribution in [0.25, 0.3) is 66.8 Å². The topological polar surface area (TPSA) is 142 Å². The average molecular weight is 1020 g/mol. The second kappa shape index (κ2) is 21.2. The molecule has 0 aliphatic carbocycles. The summed E-state index contributed by atoms with van der Waals surface area (Å²) in [5.41, 5.74) is 11.5. The molecule has 0 amide bonds. The van der Waals surface area contributed by atoms with Crippen molar-refractivity contribution in [1.82, 2.24) is 0 Å². The van der Waals surface area contributed by atoms with Crippen LogP contribution in [-0.2, 0) is 60.4 Å². The van der Waals surface area contributed by atoms with E-state index < -0.39 is 48.6 Å². The molecule has 76 heavy (non-hydrogen) atoms. The van der Waals surface area contributed by atoms with Crippen molar-refractivity contribution in [2.24, 2.45) is 0 Å². The molecule has 0 atom stereocenters. The highest BCUT2D eigenvalue weighted by molar-refractivity contribution is 6.62. The minimum absolute atomic E-state index is 0.0763. The molecule has 0 unspecified atom stereocenters. The maximum atomic E-state index is 13.1. The number of rotatable bonds is 16. The summed E-state index contributed by atoms with van der Waals surface area (Å²) in [7, 11) is 1.44. The van der Waals surface area contributed by atoms with E-state index in [1.165, 1.54) is 14.2 Å². The molecule has 7 aromatic carbocycles. The van der Waals surface area contributed by atoms with Gasteiger partial charge in [0.05, 0.1) is 47.8 Å². The molecule has 2 fully saturated rings. The number of carbonyl (C=O) groups excluding carboxylic acids is 4. The van der Waals surface area contributed by atoms with E-state index in [1.807, 2.05) is 152 Å². The largest absolute Gasteiger partial charge is 0.494 e. The minimum atomic E-state index is -0.631. The molecule has 0 radical (unpaired) electrons. The van der Waals surface area contributed by atoms with Crippen LogP contribution in [0.1, 0.15) is 87.2 Å². The second-order valence-corrected chi connectivity index (χ2v) is 21.0. The Morgan fingerprint density at radius 2 is 0.605 bits per heavy atom. The van der Waals surface area contributed by atoms with Crippen molar-refractivity contribution in [1.29, 1.82) is 0 Å². The zero-order chi connectivity index (χ0) is 54.2. The van der Waals surface area contributed by atoms with E-state index >= 15 is 0 Å². The predicted octanol–water partition coefficient (Wildman–Crippen LogP) is 11.2. The number of ether oxygens (including phenoxy) is 4. The van der Waals surface area contributed by atoms with Crippen LogP contribution in [0.15, 0.2) is 146 Å². The molecular weight excluding hydrogens is 958 g/mol. The molecule has 0 aromatic heterocycles. The zero-order valence-electron chi connectivity index (χ0n) is 44.5. The molecule has 2 heterocycles. The molecule has 386 valence electrons. The average Bonchev–Trinajstić information content (AvgIpc) is 3.79. The quantitative estimate of drug-likeness (QED) is 0.0393. The number of methoxy groups -OCH3 is 2. The predicted molar refractivity (Wildman–Crippen MR) is 295 cm³/mol. The Kier molecular flexibility index (Phi) is 14.8. The Morgan fingerprint density at radius 3 is 0.829 bits per heavy atom. The van der Waals surface area contributed by atoms with Crippen molar-refractivity contribution >= 4 is 50.0 Å². The molecule has 0 spiro atoms. The van der Waals surface area contributed by atoms with Crippen molar-refractivity contribution in [2.45, 2.75) is 91.0 Å². The molecule has 2 saturated heterocycles.